The van der Waals surface area contributed by atoms with E-state index in [0.29, 0.717) is 11.2 Å². The van der Waals surface area contributed by atoms with E-state index >= 15 is 0 Å². The van der Waals surface area contributed by atoms with Gasteiger partial charge in [-0.15, -0.1) is 0 Å². The van der Waals surface area contributed by atoms with Crippen LogP contribution in [0.1, 0.15) is 0 Å². The van der Waals surface area contributed by atoms with E-state index in [1.807, 2.05) is 0 Å². The molecular weight excluding hydrogens is 249 g/mol. The Morgan fingerprint density at radius 2 is 2.21 bits per heavy atom. The predicted octanol–water partition coefficient (Wildman–Crippen LogP) is -0.300. The lowest BCUT2D eigenvalue weighted by Crippen LogP contribution is -2.30. The molecule has 0 aliphatic rings. The number of hydrogen-bond acceptors (Lipinski definition) is 3. The lowest BCUT2D eigenvalue weighted by Gasteiger charge is -2.05. The maximum Gasteiger partial charge on any atom is 0.488 e. The normalized spacial score (nSPS) is 9.64. The molecule has 1 amide bonds. The third-order valence-corrected chi connectivity index (χ3v) is 2.10. The second-order valence-electron chi connectivity index (χ2n) is 2.68. The van der Waals surface area contributed by atoms with Crippen LogP contribution < -0.4 is 10.8 Å². The van der Waals surface area contributed by atoms with Crippen LogP contribution in [0.3, 0.4) is 0 Å². The van der Waals surface area contributed by atoms with Crippen molar-refractivity contribution in [2.75, 3.05) is 10.6 Å². The fourth-order valence-corrected chi connectivity index (χ4v) is 1.11. The maximum atomic E-state index is 11.0. The van der Waals surface area contributed by atoms with E-state index < -0.39 is 7.12 Å². The highest BCUT2D eigenvalue weighted by Gasteiger charge is 2.11. The van der Waals surface area contributed by atoms with E-state index in [4.69, 9.17) is 10.0 Å². The first-order chi connectivity index (χ1) is 6.63. The molecule has 6 heteroatoms. The summed E-state index contributed by atoms with van der Waals surface area (Å²) in [5, 5.41) is 20.5. The molecule has 74 valence electrons. The van der Waals surface area contributed by atoms with Gasteiger partial charge >= 0.3 is 7.12 Å². The van der Waals surface area contributed by atoms with Gasteiger partial charge in [-0.25, -0.2) is 0 Å². The highest BCUT2D eigenvalue weighted by Crippen LogP contribution is 2.04. The number of carbonyl (C=O) groups excluding carboxylic acids is 1. The molecule has 0 aliphatic heterocycles. The summed E-state index contributed by atoms with van der Waals surface area (Å²) in [7, 11) is -1.52. The minimum Gasteiger partial charge on any atom is -0.423 e. The van der Waals surface area contributed by atoms with Gasteiger partial charge in [-0.3, -0.25) is 4.79 Å². The number of rotatable bonds is 3. The van der Waals surface area contributed by atoms with Gasteiger partial charge in [0.05, 0.1) is 5.33 Å². The number of alkyl halides is 1. The van der Waals surface area contributed by atoms with Gasteiger partial charge < -0.3 is 15.4 Å². The Kier molecular flexibility index (Phi) is 4.12. The van der Waals surface area contributed by atoms with Gasteiger partial charge in [-0.05, 0) is 17.6 Å². The Balaban J connectivity index is 2.78. The van der Waals surface area contributed by atoms with Crippen LogP contribution in [0.2, 0.25) is 0 Å². The Labute approximate surface area is 90.2 Å². The Morgan fingerprint density at radius 1 is 1.50 bits per heavy atom. The zero-order valence-electron chi connectivity index (χ0n) is 7.27. The van der Waals surface area contributed by atoms with Crippen molar-refractivity contribution in [3.63, 3.8) is 0 Å². The third-order valence-electron chi connectivity index (χ3n) is 1.59. The van der Waals surface area contributed by atoms with Crippen molar-refractivity contribution in [2.24, 2.45) is 0 Å². The zero-order valence-corrected chi connectivity index (χ0v) is 8.86. The molecule has 1 aromatic carbocycles. The van der Waals surface area contributed by atoms with Crippen molar-refractivity contribution in [3.05, 3.63) is 24.3 Å². The third kappa shape index (κ3) is 3.14. The van der Waals surface area contributed by atoms with E-state index in [0.717, 1.165) is 0 Å². The number of amides is 1. The average Bonchev–Trinajstić information content (AvgIpc) is 2.18. The lowest BCUT2D eigenvalue weighted by molar-refractivity contribution is -0.113. The predicted molar refractivity (Wildman–Crippen MR) is 58.7 cm³/mol. The van der Waals surface area contributed by atoms with Crippen LogP contribution in [0.25, 0.3) is 0 Å². The van der Waals surface area contributed by atoms with Gasteiger partial charge in [0.25, 0.3) is 0 Å². The molecule has 0 bridgehead atoms. The molecule has 0 saturated carbocycles. The molecular formula is C8H9BBrNO3. The molecule has 14 heavy (non-hydrogen) atoms. The fraction of sp³-hybridized carbons (Fsp3) is 0.125. The Morgan fingerprint density at radius 3 is 2.79 bits per heavy atom. The second kappa shape index (κ2) is 5.14. The largest absolute Gasteiger partial charge is 0.488 e. The van der Waals surface area contributed by atoms with E-state index in [-0.39, 0.29) is 11.2 Å². The molecule has 0 fully saturated rings. The van der Waals surface area contributed by atoms with Gasteiger partial charge in [-0.2, -0.15) is 0 Å². The first-order valence-electron chi connectivity index (χ1n) is 3.95. The summed E-state index contributed by atoms with van der Waals surface area (Å²) in [6.07, 6.45) is 0. The summed E-state index contributed by atoms with van der Waals surface area (Å²) in [4.78, 5) is 11.0. The van der Waals surface area contributed by atoms with Crippen molar-refractivity contribution in [3.8, 4) is 0 Å². The van der Waals surface area contributed by atoms with Crippen LogP contribution in [0.5, 0.6) is 0 Å². The Hall–Kier alpha value is -0.845. The SMILES string of the molecule is O=C(CBr)Nc1cccc(B(O)O)c1. The number of halogens is 1. The topological polar surface area (TPSA) is 69.6 Å². The number of anilines is 1. The van der Waals surface area contributed by atoms with Crippen LogP contribution in [0.4, 0.5) is 5.69 Å². The highest BCUT2D eigenvalue weighted by molar-refractivity contribution is 9.09. The molecule has 0 saturated heterocycles. The molecule has 0 radical (unpaired) electrons. The summed E-state index contributed by atoms with van der Waals surface area (Å²) in [6, 6.07) is 6.38. The highest BCUT2D eigenvalue weighted by atomic mass is 79.9. The van der Waals surface area contributed by atoms with Gasteiger partial charge in [0.15, 0.2) is 0 Å². The van der Waals surface area contributed by atoms with E-state index in [9.17, 15) is 4.79 Å². The summed E-state index contributed by atoms with van der Waals surface area (Å²) in [5.41, 5.74) is 0.887. The van der Waals surface area contributed by atoms with Crippen LogP contribution in [0, 0.1) is 0 Å². The smallest absolute Gasteiger partial charge is 0.423 e. The van der Waals surface area contributed by atoms with E-state index in [2.05, 4.69) is 21.2 Å². The van der Waals surface area contributed by atoms with Gasteiger partial charge in [-0.1, -0.05) is 28.1 Å². The minimum absolute atomic E-state index is 0.186. The van der Waals surface area contributed by atoms with Crippen molar-refractivity contribution < 1.29 is 14.8 Å². The van der Waals surface area contributed by atoms with Gasteiger partial charge in [0.2, 0.25) is 5.91 Å². The van der Waals surface area contributed by atoms with Crippen molar-refractivity contribution >= 4 is 40.1 Å². The molecule has 4 nitrogen and oxygen atoms in total. The van der Waals surface area contributed by atoms with Crippen LogP contribution in [-0.2, 0) is 4.79 Å². The van der Waals surface area contributed by atoms with Crippen LogP contribution >= 0.6 is 15.9 Å². The number of hydrogen-bond donors (Lipinski definition) is 3. The van der Waals surface area contributed by atoms with Gasteiger partial charge in [0, 0.05) is 5.69 Å². The average molecular weight is 258 g/mol. The molecule has 0 atom stereocenters. The Bertz CT molecular complexity index is 332. The second-order valence-corrected chi connectivity index (χ2v) is 3.24. The molecule has 3 N–H and O–H groups in total. The molecule has 0 spiro atoms. The van der Waals surface area contributed by atoms with Crippen LogP contribution in [0.15, 0.2) is 24.3 Å². The first kappa shape index (κ1) is 11.2. The van der Waals surface area contributed by atoms with E-state index in [1.165, 1.54) is 6.07 Å². The number of nitrogens with one attached hydrogen (secondary N) is 1. The fourth-order valence-electron chi connectivity index (χ4n) is 0.971. The zero-order chi connectivity index (χ0) is 10.6. The number of carbonyl (C=O) groups is 1. The molecule has 1 rings (SSSR count). The number of benzene rings is 1. The van der Waals surface area contributed by atoms with Gasteiger partial charge in [0.1, 0.15) is 0 Å². The quantitative estimate of drug-likeness (QED) is 0.515. The summed E-state index contributed by atoms with van der Waals surface area (Å²) in [6.45, 7) is 0. The lowest BCUT2D eigenvalue weighted by atomic mass is 9.80. The van der Waals surface area contributed by atoms with Crippen molar-refractivity contribution in [1.29, 1.82) is 0 Å². The van der Waals surface area contributed by atoms with Crippen molar-refractivity contribution in [2.45, 2.75) is 0 Å². The maximum absolute atomic E-state index is 11.0. The monoisotopic (exact) mass is 257 g/mol. The minimum atomic E-state index is -1.52. The van der Waals surface area contributed by atoms with Crippen LogP contribution in [-0.4, -0.2) is 28.4 Å². The summed E-state index contributed by atoms with van der Waals surface area (Å²) in [5.74, 6) is -0.186. The molecule has 0 aliphatic carbocycles. The van der Waals surface area contributed by atoms with E-state index in [1.54, 1.807) is 18.2 Å². The molecule has 0 heterocycles. The standard InChI is InChI=1S/C8H9BBrNO3/c10-5-8(12)11-7-3-1-2-6(4-7)9(13)14/h1-4,13-14H,5H2,(H,11,12). The molecule has 0 aromatic heterocycles. The summed E-state index contributed by atoms with van der Waals surface area (Å²) >= 11 is 3.01. The van der Waals surface area contributed by atoms with Crippen molar-refractivity contribution in [1.82, 2.24) is 0 Å². The first-order valence-corrected chi connectivity index (χ1v) is 5.07. The summed E-state index contributed by atoms with van der Waals surface area (Å²) < 4.78 is 0. The molecule has 1 aromatic rings. The molecule has 0 unspecified atom stereocenters.